The third-order valence-electron chi connectivity index (χ3n) is 3.77. The molecular weight excluding hydrogens is 152 g/mol. The summed E-state index contributed by atoms with van der Waals surface area (Å²) in [4.78, 5) is 0. The van der Waals surface area contributed by atoms with Crippen LogP contribution in [0, 0.1) is 5.92 Å². The Labute approximate surface area is 73.9 Å². The van der Waals surface area contributed by atoms with E-state index in [1.807, 2.05) is 0 Å². The maximum atomic E-state index is 9.21. The fourth-order valence-electron chi connectivity index (χ4n) is 2.65. The fourth-order valence-corrected chi connectivity index (χ4v) is 2.65. The lowest BCUT2D eigenvalue weighted by Gasteiger charge is -2.28. The largest absolute Gasteiger partial charge is 0.393 e. The second kappa shape index (κ2) is 2.46. The number of rotatable bonds is 2. The van der Waals surface area contributed by atoms with Crippen molar-refractivity contribution in [2.24, 2.45) is 5.92 Å². The topological polar surface area (TPSA) is 29.5 Å². The van der Waals surface area contributed by atoms with E-state index in [4.69, 9.17) is 4.74 Å². The zero-order chi connectivity index (χ0) is 8.82. The molecule has 0 amide bonds. The highest BCUT2D eigenvalue weighted by Gasteiger charge is 2.56. The van der Waals surface area contributed by atoms with Gasteiger partial charge in [0, 0.05) is 0 Å². The van der Waals surface area contributed by atoms with Gasteiger partial charge in [0.1, 0.15) is 0 Å². The summed E-state index contributed by atoms with van der Waals surface area (Å²) in [6.07, 6.45) is 4.40. The summed E-state index contributed by atoms with van der Waals surface area (Å²) in [7, 11) is 0. The molecule has 2 saturated heterocycles. The van der Waals surface area contributed by atoms with Crippen molar-refractivity contribution in [3.05, 3.63) is 0 Å². The summed E-state index contributed by atoms with van der Waals surface area (Å²) < 4.78 is 6.01. The van der Waals surface area contributed by atoms with Crippen molar-refractivity contribution in [3.63, 3.8) is 0 Å². The van der Waals surface area contributed by atoms with Gasteiger partial charge in [-0.25, -0.2) is 0 Å². The Balaban J connectivity index is 2.17. The first-order valence-corrected chi connectivity index (χ1v) is 4.94. The monoisotopic (exact) mass is 170 g/mol. The van der Waals surface area contributed by atoms with E-state index in [1.54, 1.807) is 0 Å². The SMILES string of the molecule is CC(C)C12CCC(CO)(CC1)O2. The summed E-state index contributed by atoms with van der Waals surface area (Å²) in [5, 5.41) is 9.21. The molecule has 0 saturated carbocycles. The second-order valence-electron chi connectivity index (χ2n) is 4.66. The van der Waals surface area contributed by atoms with Gasteiger partial charge in [-0.05, 0) is 31.6 Å². The molecule has 2 bridgehead atoms. The van der Waals surface area contributed by atoms with Gasteiger partial charge < -0.3 is 9.84 Å². The average Bonchev–Trinajstić information content (AvgIpc) is 2.61. The van der Waals surface area contributed by atoms with Gasteiger partial charge in [-0.2, -0.15) is 0 Å². The maximum Gasteiger partial charge on any atom is 0.0921 e. The maximum absolute atomic E-state index is 9.21. The van der Waals surface area contributed by atoms with Crippen LogP contribution in [0.2, 0.25) is 0 Å². The molecular formula is C10H18O2. The predicted molar refractivity (Wildman–Crippen MR) is 46.9 cm³/mol. The first kappa shape index (κ1) is 8.52. The zero-order valence-corrected chi connectivity index (χ0v) is 7.97. The minimum absolute atomic E-state index is 0.114. The summed E-state index contributed by atoms with van der Waals surface area (Å²) in [6.45, 7) is 4.65. The number of ether oxygens (including phenoxy) is 1. The first-order chi connectivity index (χ1) is 5.63. The Morgan fingerprint density at radius 2 is 1.83 bits per heavy atom. The predicted octanol–water partition coefficient (Wildman–Crippen LogP) is 1.72. The van der Waals surface area contributed by atoms with Gasteiger partial charge in [0.2, 0.25) is 0 Å². The fraction of sp³-hybridized carbons (Fsp3) is 1.00. The van der Waals surface area contributed by atoms with Crippen molar-refractivity contribution < 1.29 is 9.84 Å². The van der Waals surface area contributed by atoms with Crippen molar-refractivity contribution in [3.8, 4) is 0 Å². The quantitative estimate of drug-likeness (QED) is 0.683. The molecule has 0 aliphatic carbocycles. The van der Waals surface area contributed by atoms with Crippen molar-refractivity contribution in [1.82, 2.24) is 0 Å². The van der Waals surface area contributed by atoms with E-state index in [-0.39, 0.29) is 17.8 Å². The number of hydrogen-bond donors (Lipinski definition) is 1. The van der Waals surface area contributed by atoms with Gasteiger partial charge in [-0.15, -0.1) is 0 Å². The molecule has 2 aliphatic rings. The Hall–Kier alpha value is -0.0800. The Bertz CT molecular complexity index is 178. The van der Waals surface area contributed by atoms with E-state index >= 15 is 0 Å². The number of fused-ring (bicyclic) bond motifs is 2. The third-order valence-corrected chi connectivity index (χ3v) is 3.77. The number of hydrogen-bond acceptors (Lipinski definition) is 2. The van der Waals surface area contributed by atoms with Crippen molar-refractivity contribution in [1.29, 1.82) is 0 Å². The number of aliphatic hydroxyl groups excluding tert-OH is 1. The smallest absolute Gasteiger partial charge is 0.0921 e. The van der Waals surface area contributed by atoms with Gasteiger partial charge in [-0.1, -0.05) is 13.8 Å². The summed E-state index contributed by atoms with van der Waals surface area (Å²) in [5.74, 6) is 0.591. The molecule has 2 heteroatoms. The minimum Gasteiger partial charge on any atom is -0.393 e. The van der Waals surface area contributed by atoms with E-state index < -0.39 is 0 Å². The van der Waals surface area contributed by atoms with Crippen LogP contribution in [-0.2, 0) is 4.74 Å². The minimum atomic E-state index is -0.149. The second-order valence-corrected chi connectivity index (χ2v) is 4.66. The average molecular weight is 170 g/mol. The molecule has 0 radical (unpaired) electrons. The summed E-state index contributed by atoms with van der Waals surface area (Å²) in [5.41, 5.74) is -0.0347. The van der Waals surface area contributed by atoms with Crippen LogP contribution in [0.5, 0.6) is 0 Å². The highest BCUT2D eigenvalue weighted by Crippen LogP contribution is 2.53. The van der Waals surface area contributed by atoms with E-state index in [1.165, 1.54) is 0 Å². The molecule has 2 rings (SSSR count). The summed E-state index contributed by atoms with van der Waals surface area (Å²) in [6, 6.07) is 0. The molecule has 70 valence electrons. The number of aliphatic hydroxyl groups is 1. The lowest BCUT2D eigenvalue weighted by Crippen LogP contribution is -2.32. The van der Waals surface area contributed by atoms with E-state index in [2.05, 4.69) is 13.8 Å². The van der Waals surface area contributed by atoms with Crippen LogP contribution < -0.4 is 0 Å². The Morgan fingerprint density at radius 3 is 2.08 bits per heavy atom. The molecule has 0 atom stereocenters. The van der Waals surface area contributed by atoms with Crippen molar-refractivity contribution in [2.45, 2.75) is 50.7 Å². The molecule has 2 heterocycles. The van der Waals surface area contributed by atoms with Gasteiger partial charge in [0.15, 0.2) is 0 Å². The molecule has 12 heavy (non-hydrogen) atoms. The standard InChI is InChI=1S/C10H18O2/c1-8(2)10-5-3-9(7-11,12-10)4-6-10/h8,11H,3-7H2,1-2H3. The van der Waals surface area contributed by atoms with Crippen LogP contribution >= 0.6 is 0 Å². The van der Waals surface area contributed by atoms with Gasteiger partial charge in [0.05, 0.1) is 17.8 Å². The normalized spacial score (nSPS) is 46.0. The van der Waals surface area contributed by atoms with Crippen LogP contribution in [-0.4, -0.2) is 22.9 Å². The van der Waals surface area contributed by atoms with Crippen LogP contribution in [0.15, 0.2) is 0 Å². The molecule has 2 nitrogen and oxygen atoms in total. The summed E-state index contributed by atoms with van der Waals surface area (Å²) >= 11 is 0. The molecule has 0 spiro atoms. The first-order valence-electron chi connectivity index (χ1n) is 4.94. The van der Waals surface area contributed by atoms with Crippen LogP contribution in [0.1, 0.15) is 39.5 Å². The molecule has 2 fully saturated rings. The van der Waals surface area contributed by atoms with Crippen LogP contribution in [0.4, 0.5) is 0 Å². The lowest BCUT2D eigenvalue weighted by atomic mass is 9.77. The highest BCUT2D eigenvalue weighted by atomic mass is 16.5. The van der Waals surface area contributed by atoms with Crippen LogP contribution in [0.3, 0.4) is 0 Å². The van der Waals surface area contributed by atoms with Gasteiger partial charge in [-0.3, -0.25) is 0 Å². The van der Waals surface area contributed by atoms with Crippen molar-refractivity contribution in [2.75, 3.05) is 6.61 Å². The van der Waals surface area contributed by atoms with Crippen molar-refractivity contribution >= 4 is 0 Å². The van der Waals surface area contributed by atoms with Crippen LogP contribution in [0.25, 0.3) is 0 Å². The lowest BCUT2D eigenvalue weighted by molar-refractivity contribution is -0.0918. The zero-order valence-electron chi connectivity index (χ0n) is 7.97. The molecule has 0 aromatic rings. The van der Waals surface area contributed by atoms with E-state index in [0.717, 1.165) is 25.7 Å². The molecule has 0 aromatic heterocycles. The van der Waals surface area contributed by atoms with E-state index in [9.17, 15) is 5.11 Å². The highest BCUT2D eigenvalue weighted by molar-refractivity contribution is 5.05. The molecule has 0 unspecified atom stereocenters. The Morgan fingerprint density at radius 1 is 1.25 bits per heavy atom. The van der Waals surface area contributed by atoms with E-state index in [0.29, 0.717) is 5.92 Å². The van der Waals surface area contributed by atoms with Gasteiger partial charge in [0.25, 0.3) is 0 Å². The third kappa shape index (κ3) is 0.944. The van der Waals surface area contributed by atoms with Gasteiger partial charge >= 0.3 is 0 Å². The molecule has 2 aliphatic heterocycles. The molecule has 1 N–H and O–H groups in total. The molecule has 0 aromatic carbocycles. The Kier molecular flexibility index (Phi) is 1.74.